The van der Waals surface area contributed by atoms with Crippen LogP contribution in [0.3, 0.4) is 0 Å². The van der Waals surface area contributed by atoms with E-state index in [2.05, 4.69) is 45.1 Å². The van der Waals surface area contributed by atoms with Gasteiger partial charge in [0.2, 0.25) is 0 Å². The fourth-order valence-electron chi connectivity index (χ4n) is 3.15. The third-order valence-electron chi connectivity index (χ3n) is 4.77. The molecule has 1 aromatic heterocycles. The van der Waals surface area contributed by atoms with Gasteiger partial charge >= 0.3 is 0 Å². The standard InChI is InChI=1S/C20H27N3O/c1-17-7-8-19(15-21-17)20(24)16-23-13-11-22(12-14-23)10-9-18-5-3-2-4-6-18/h2-8,15,20,24H,9-14,16H2,1H3. The van der Waals surface area contributed by atoms with Gasteiger partial charge in [0, 0.05) is 56.7 Å². The quantitative estimate of drug-likeness (QED) is 0.884. The second-order valence-corrected chi connectivity index (χ2v) is 6.63. The van der Waals surface area contributed by atoms with Crippen LogP contribution < -0.4 is 0 Å². The predicted molar refractivity (Wildman–Crippen MR) is 97.0 cm³/mol. The van der Waals surface area contributed by atoms with Gasteiger partial charge in [-0.3, -0.25) is 9.88 Å². The molecule has 3 rings (SSSR count). The van der Waals surface area contributed by atoms with E-state index in [9.17, 15) is 5.11 Å². The summed E-state index contributed by atoms with van der Waals surface area (Å²) in [6, 6.07) is 14.6. The van der Waals surface area contributed by atoms with Crippen LogP contribution in [0.15, 0.2) is 48.7 Å². The molecule has 0 saturated carbocycles. The smallest absolute Gasteiger partial charge is 0.0931 e. The Labute approximate surface area is 144 Å². The predicted octanol–water partition coefficient (Wildman–Crippen LogP) is 2.28. The number of β-amino-alcohol motifs (C(OH)–C–C–N with tert-alkyl or cyclic N) is 1. The first-order valence-electron chi connectivity index (χ1n) is 8.80. The highest BCUT2D eigenvalue weighted by molar-refractivity contribution is 5.16. The minimum Gasteiger partial charge on any atom is -0.387 e. The molecule has 4 nitrogen and oxygen atoms in total. The van der Waals surface area contributed by atoms with Gasteiger partial charge in [-0.25, -0.2) is 0 Å². The Kier molecular flexibility index (Phi) is 5.96. The molecule has 0 radical (unpaired) electrons. The minimum absolute atomic E-state index is 0.450. The van der Waals surface area contributed by atoms with Crippen molar-refractivity contribution >= 4 is 0 Å². The van der Waals surface area contributed by atoms with Gasteiger partial charge in [-0.15, -0.1) is 0 Å². The number of aliphatic hydroxyl groups is 1. The zero-order valence-electron chi connectivity index (χ0n) is 14.4. The first-order chi connectivity index (χ1) is 11.7. The van der Waals surface area contributed by atoms with Crippen LogP contribution >= 0.6 is 0 Å². The van der Waals surface area contributed by atoms with Crippen molar-refractivity contribution in [2.75, 3.05) is 39.3 Å². The molecule has 2 heterocycles. The molecule has 0 amide bonds. The molecule has 1 fully saturated rings. The molecule has 1 N–H and O–H groups in total. The maximum Gasteiger partial charge on any atom is 0.0931 e. The molecule has 0 bridgehead atoms. The molecule has 128 valence electrons. The first-order valence-corrected chi connectivity index (χ1v) is 8.80. The summed E-state index contributed by atoms with van der Waals surface area (Å²) in [7, 11) is 0. The first kappa shape index (κ1) is 17.1. The summed E-state index contributed by atoms with van der Waals surface area (Å²) >= 11 is 0. The van der Waals surface area contributed by atoms with Crippen molar-refractivity contribution in [2.45, 2.75) is 19.4 Å². The van der Waals surface area contributed by atoms with Gasteiger partial charge < -0.3 is 10.0 Å². The van der Waals surface area contributed by atoms with Crippen LogP contribution in [-0.4, -0.2) is 59.2 Å². The highest BCUT2D eigenvalue weighted by Gasteiger charge is 2.19. The van der Waals surface area contributed by atoms with Crippen LogP contribution in [0.2, 0.25) is 0 Å². The van der Waals surface area contributed by atoms with Crippen LogP contribution in [0.25, 0.3) is 0 Å². The van der Waals surface area contributed by atoms with Crippen LogP contribution in [0.5, 0.6) is 0 Å². The zero-order valence-corrected chi connectivity index (χ0v) is 14.4. The summed E-state index contributed by atoms with van der Waals surface area (Å²) in [4.78, 5) is 9.14. The lowest BCUT2D eigenvalue weighted by atomic mass is 10.1. The van der Waals surface area contributed by atoms with Crippen LogP contribution in [0, 0.1) is 6.92 Å². The van der Waals surface area contributed by atoms with Crippen molar-refractivity contribution in [3.8, 4) is 0 Å². The summed E-state index contributed by atoms with van der Waals surface area (Å²) in [5, 5.41) is 10.4. The number of aliphatic hydroxyl groups excluding tert-OH is 1. The maximum absolute atomic E-state index is 10.4. The summed E-state index contributed by atoms with van der Waals surface area (Å²) in [5.74, 6) is 0. The van der Waals surface area contributed by atoms with Crippen molar-refractivity contribution in [1.82, 2.24) is 14.8 Å². The number of aryl methyl sites for hydroxylation is 1. The summed E-state index contributed by atoms with van der Waals surface area (Å²) in [6.45, 7) is 7.96. The number of rotatable bonds is 6. The van der Waals surface area contributed by atoms with E-state index in [-0.39, 0.29) is 0 Å². The number of hydrogen-bond acceptors (Lipinski definition) is 4. The van der Waals surface area contributed by atoms with Gasteiger partial charge in [-0.2, -0.15) is 0 Å². The molecule has 1 aliphatic heterocycles. The lowest BCUT2D eigenvalue weighted by molar-refractivity contribution is 0.0728. The molecule has 4 heteroatoms. The van der Waals surface area contributed by atoms with Gasteiger partial charge in [0.1, 0.15) is 0 Å². The third-order valence-corrected chi connectivity index (χ3v) is 4.77. The van der Waals surface area contributed by atoms with Gasteiger partial charge in [0.15, 0.2) is 0 Å². The second-order valence-electron chi connectivity index (χ2n) is 6.63. The van der Waals surface area contributed by atoms with Gasteiger partial charge in [0.05, 0.1) is 6.10 Å². The minimum atomic E-state index is -0.450. The normalized spacial score (nSPS) is 17.8. The zero-order chi connectivity index (χ0) is 16.8. The SMILES string of the molecule is Cc1ccc(C(O)CN2CCN(CCc3ccccc3)CC2)cn1. The Balaban J connectivity index is 1.41. The lowest BCUT2D eigenvalue weighted by Crippen LogP contribution is -2.47. The van der Waals surface area contributed by atoms with E-state index in [1.165, 1.54) is 5.56 Å². The van der Waals surface area contributed by atoms with Crippen LogP contribution in [-0.2, 0) is 6.42 Å². The largest absolute Gasteiger partial charge is 0.387 e. The highest BCUT2D eigenvalue weighted by atomic mass is 16.3. The van der Waals surface area contributed by atoms with E-state index in [1.807, 2.05) is 19.1 Å². The van der Waals surface area contributed by atoms with Crippen molar-refractivity contribution in [2.24, 2.45) is 0 Å². The van der Waals surface area contributed by atoms with Gasteiger partial charge in [-0.1, -0.05) is 36.4 Å². The molecule has 1 atom stereocenters. The Morgan fingerprint density at radius 1 is 1.00 bits per heavy atom. The van der Waals surface area contributed by atoms with Crippen molar-refractivity contribution in [3.05, 3.63) is 65.5 Å². The Morgan fingerprint density at radius 2 is 1.71 bits per heavy atom. The molecule has 2 aromatic rings. The fraction of sp³-hybridized carbons (Fsp3) is 0.450. The monoisotopic (exact) mass is 325 g/mol. The maximum atomic E-state index is 10.4. The van der Waals surface area contributed by atoms with Crippen LogP contribution in [0.4, 0.5) is 0 Å². The molecule has 1 saturated heterocycles. The molecule has 1 aromatic carbocycles. The number of pyridine rings is 1. The van der Waals surface area contributed by atoms with Crippen molar-refractivity contribution in [1.29, 1.82) is 0 Å². The van der Waals surface area contributed by atoms with Crippen LogP contribution in [0.1, 0.15) is 22.9 Å². The Hall–Kier alpha value is -1.75. The second kappa shape index (κ2) is 8.38. The van der Waals surface area contributed by atoms with E-state index in [0.717, 1.165) is 50.4 Å². The van der Waals surface area contributed by atoms with Crippen molar-refractivity contribution < 1.29 is 5.11 Å². The van der Waals surface area contributed by atoms with E-state index in [4.69, 9.17) is 0 Å². The van der Waals surface area contributed by atoms with Gasteiger partial charge in [0.25, 0.3) is 0 Å². The number of benzene rings is 1. The molecular weight excluding hydrogens is 298 g/mol. The Morgan fingerprint density at radius 3 is 2.38 bits per heavy atom. The average molecular weight is 325 g/mol. The lowest BCUT2D eigenvalue weighted by Gasteiger charge is -2.35. The van der Waals surface area contributed by atoms with E-state index >= 15 is 0 Å². The Bertz CT molecular complexity index is 607. The number of piperazine rings is 1. The van der Waals surface area contributed by atoms with E-state index < -0.39 is 6.10 Å². The molecular formula is C20H27N3O. The topological polar surface area (TPSA) is 39.6 Å². The van der Waals surface area contributed by atoms with E-state index in [0.29, 0.717) is 6.54 Å². The van der Waals surface area contributed by atoms with Crippen molar-refractivity contribution in [3.63, 3.8) is 0 Å². The molecule has 1 aliphatic rings. The highest BCUT2D eigenvalue weighted by Crippen LogP contribution is 2.15. The summed E-state index contributed by atoms with van der Waals surface area (Å²) < 4.78 is 0. The third kappa shape index (κ3) is 4.87. The molecule has 1 unspecified atom stereocenters. The molecule has 0 spiro atoms. The average Bonchev–Trinajstić information content (AvgIpc) is 2.62. The summed E-state index contributed by atoms with van der Waals surface area (Å²) in [6.07, 6.45) is 2.45. The van der Waals surface area contributed by atoms with E-state index in [1.54, 1.807) is 6.20 Å². The summed E-state index contributed by atoms with van der Waals surface area (Å²) in [5.41, 5.74) is 3.30. The van der Waals surface area contributed by atoms with Gasteiger partial charge in [-0.05, 0) is 25.0 Å². The molecule has 24 heavy (non-hydrogen) atoms. The number of aromatic nitrogens is 1. The number of nitrogens with zero attached hydrogens (tertiary/aromatic N) is 3. The number of hydrogen-bond donors (Lipinski definition) is 1. The fourth-order valence-corrected chi connectivity index (χ4v) is 3.15. The molecule has 0 aliphatic carbocycles.